The van der Waals surface area contributed by atoms with Gasteiger partial charge < -0.3 is 14.2 Å². The van der Waals surface area contributed by atoms with Crippen LogP contribution in [0.3, 0.4) is 0 Å². The van der Waals surface area contributed by atoms with Crippen molar-refractivity contribution < 1.29 is 23.8 Å². The van der Waals surface area contributed by atoms with Crippen molar-refractivity contribution in [3.05, 3.63) is 58.3 Å². The molecule has 1 aliphatic heterocycles. The normalized spacial score (nSPS) is 19.9. The van der Waals surface area contributed by atoms with Crippen molar-refractivity contribution in [2.24, 2.45) is 5.41 Å². The Morgan fingerprint density at radius 3 is 2.18 bits per heavy atom. The van der Waals surface area contributed by atoms with E-state index < -0.39 is 5.92 Å². The van der Waals surface area contributed by atoms with Crippen LogP contribution in [0.5, 0.6) is 17.2 Å². The summed E-state index contributed by atoms with van der Waals surface area (Å²) in [6.07, 6.45) is 1.16. The molecule has 0 saturated carbocycles. The van der Waals surface area contributed by atoms with Gasteiger partial charge in [0.25, 0.3) is 0 Å². The number of carbonyl (C=O) groups is 2. The van der Waals surface area contributed by atoms with Gasteiger partial charge >= 0.3 is 0 Å². The predicted octanol–water partition coefficient (Wildman–Crippen LogP) is 5.53. The number of allylic oxidation sites excluding steroid dienone is 2. The summed E-state index contributed by atoms with van der Waals surface area (Å²) in [6.45, 7) is 4.11. The van der Waals surface area contributed by atoms with E-state index in [-0.39, 0.29) is 23.5 Å². The lowest BCUT2D eigenvalue weighted by atomic mass is 9.69. The molecule has 0 saturated heterocycles. The predicted molar refractivity (Wildman–Crippen MR) is 127 cm³/mol. The Bertz CT molecular complexity index is 1140. The number of hydrogen-bond acceptors (Lipinski definition) is 5. The third-order valence-electron chi connectivity index (χ3n) is 6.34. The smallest absolute Gasteiger partial charge is 0.232 e. The lowest BCUT2D eigenvalue weighted by molar-refractivity contribution is -0.121. The number of halogens is 1. The maximum atomic E-state index is 13.6. The van der Waals surface area contributed by atoms with Gasteiger partial charge in [-0.2, -0.15) is 0 Å². The molecule has 0 unspecified atom stereocenters. The lowest BCUT2D eigenvalue weighted by Crippen LogP contribution is -2.43. The minimum atomic E-state index is -0.436. The summed E-state index contributed by atoms with van der Waals surface area (Å²) in [5, 5.41) is 0.588. The van der Waals surface area contributed by atoms with E-state index in [4.69, 9.17) is 25.8 Å². The van der Waals surface area contributed by atoms with Crippen LogP contribution in [0.25, 0.3) is 0 Å². The van der Waals surface area contributed by atoms with Gasteiger partial charge in [-0.1, -0.05) is 31.5 Å². The third kappa shape index (κ3) is 4.08. The molecule has 2 aromatic rings. The van der Waals surface area contributed by atoms with Gasteiger partial charge in [-0.25, -0.2) is 0 Å². The first-order valence-electron chi connectivity index (χ1n) is 10.8. The highest BCUT2D eigenvalue weighted by molar-refractivity contribution is 6.30. The van der Waals surface area contributed by atoms with Crippen LogP contribution in [0.4, 0.5) is 5.69 Å². The van der Waals surface area contributed by atoms with Crippen molar-refractivity contribution >= 4 is 29.0 Å². The van der Waals surface area contributed by atoms with E-state index in [9.17, 15) is 9.59 Å². The monoisotopic (exact) mass is 469 g/mol. The third-order valence-corrected chi connectivity index (χ3v) is 6.59. The van der Waals surface area contributed by atoms with Crippen molar-refractivity contribution in [2.45, 2.75) is 39.0 Å². The number of anilines is 1. The van der Waals surface area contributed by atoms with Crippen LogP contribution in [0.1, 0.15) is 44.6 Å². The molecule has 1 amide bonds. The highest BCUT2D eigenvalue weighted by Crippen LogP contribution is 2.52. The molecule has 1 aliphatic carbocycles. The van der Waals surface area contributed by atoms with Crippen molar-refractivity contribution in [3.8, 4) is 17.2 Å². The molecular weight excluding hydrogens is 442 g/mol. The Morgan fingerprint density at radius 1 is 0.909 bits per heavy atom. The molecule has 6 nitrogen and oxygen atoms in total. The van der Waals surface area contributed by atoms with Crippen LogP contribution in [0, 0.1) is 5.41 Å². The summed E-state index contributed by atoms with van der Waals surface area (Å²) in [6, 6.07) is 10.8. The van der Waals surface area contributed by atoms with Gasteiger partial charge in [0.15, 0.2) is 17.3 Å². The number of benzene rings is 2. The summed E-state index contributed by atoms with van der Waals surface area (Å²) in [5.74, 6) is 0.968. The zero-order valence-corrected chi connectivity index (χ0v) is 20.3. The van der Waals surface area contributed by atoms with Gasteiger partial charge in [0.05, 0.1) is 21.3 Å². The highest BCUT2D eigenvalue weighted by Gasteiger charge is 2.45. The summed E-state index contributed by atoms with van der Waals surface area (Å²) in [4.78, 5) is 28.8. The van der Waals surface area contributed by atoms with E-state index in [2.05, 4.69) is 13.8 Å². The fourth-order valence-corrected chi connectivity index (χ4v) is 5.10. The summed E-state index contributed by atoms with van der Waals surface area (Å²) < 4.78 is 16.7. The molecule has 0 radical (unpaired) electrons. The van der Waals surface area contributed by atoms with Crippen LogP contribution in [0.2, 0.25) is 5.02 Å². The Kier molecular flexibility index (Phi) is 6.14. The zero-order valence-electron chi connectivity index (χ0n) is 19.5. The average molecular weight is 470 g/mol. The molecule has 0 fully saturated rings. The number of methoxy groups -OCH3 is 3. The van der Waals surface area contributed by atoms with Crippen LogP contribution in [0.15, 0.2) is 47.7 Å². The van der Waals surface area contributed by atoms with E-state index in [1.807, 2.05) is 18.2 Å². The van der Waals surface area contributed by atoms with Gasteiger partial charge in [0.2, 0.25) is 11.7 Å². The molecule has 33 heavy (non-hydrogen) atoms. The first-order chi connectivity index (χ1) is 15.7. The lowest BCUT2D eigenvalue weighted by Gasteiger charge is -2.43. The Balaban J connectivity index is 1.94. The molecule has 4 rings (SSSR count). The quantitative estimate of drug-likeness (QED) is 0.576. The first-order valence-corrected chi connectivity index (χ1v) is 11.2. The standard InChI is InChI=1S/C26H28ClNO5/c1-26(2)13-19-23(20(29)14-26)18(12-22(30)28(19)16-8-6-15(27)7-9-16)17-10-11-21(31-3)25(33-5)24(17)32-4/h6-11,18H,12-14H2,1-5H3/t18-/m1/s1. The molecule has 2 aliphatic rings. The van der Waals surface area contributed by atoms with Crippen LogP contribution >= 0.6 is 11.6 Å². The average Bonchev–Trinajstić information content (AvgIpc) is 2.77. The fraction of sp³-hybridized carbons (Fsp3) is 0.385. The molecule has 0 bridgehead atoms. The number of Topliss-reactive ketones (excluding diaryl/α,β-unsaturated/α-hetero) is 1. The van der Waals surface area contributed by atoms with Gasteiger partial charge in [-0.3, -0.25) is 14.5 Å². The fourth-order valence-electron chi connectivity index (χ4n) is 4.97. The summed E-state index contributed by atoms with van der Waals surface area (Å²) >= 11 is 6.08. The van der Waals surface area contributed by atoms with Crippen LogP contribution < -0.4 is 19.1 Å². The number of amides is 1. The van der Waals surface area contributed by atoms with E-state index in [1.165, 1.54) is 7.11 Å². The minimum absolute atomic E-state index is 0.0505. The number of ether oxygens (including phenoxy) is 3. The minimum Gasteiger partial charge on any atom is -0.493 e. The van der Waals surface area contributed by atoms with Gasteiger partial charge in [0, 0.05) is 46.3 Å². The number of carbonyl (C=O) groups excluding carboxylic acids is 2. The topological polar surface area (TPSA) is 65.1 Å². The number of hydrogen-bond donors (Lipinski definition) is 0. The van der Waals surface area contributed by atoms with E-state index in [0.29, 0.717) is 46.4 Å². The van der Waals surface area contributed by atoms with E-state index in [0.717, 1.165) is 11.3 Å². The molecule has 1 atom stereocenters. The first kappa shape index (κ1) is 23.2. The summed E-state index contributed by atoms with van der Waals surface area (Å²) in [5.41, 5.74) is 2.59. The van der Waals surface area contributed by atoms with Crippen molar-refractivity contribution in [1.29, 1.82) is 0 Å². The van der Waals surface area contributed by atoms with Crippen LogP contribution in [-0.2, 0) is 9.59 Å². The second-order valence-corrected chi connectivity index (χ2v) is 9.62. The summed E-state index contributed by atoms with van der Waals surface area (Å²) in [7, 11) is 4.64. The highest BCUT2D eigenvalue weighted by atomic mass is 35.5. The molecule has 1 heterocycles. The van der Waals surface area contributed by atoms with Gasteiger partial charge in [-0.05, 0) is 42.2 Å². The van der Waals surface area contributed by atoms with Gasteiger partial charge in [-0.15, -0.1) is 0 Å². The second-order valence-electron chi connectivity index (χ2n) is 9.19. The Morgan fingerprint density at radius 2 is 1.58 bits per heavy atom. The maximum absolute atomic E-state index is 13.6. The second kappa shape index (κ2) is 8.75. The van der Waals surface area contributed by atoms with Gasteiger partial charge in [0.1, 0.15) is 0 Å². The van der Waals surface area contributed by atoms with Crippen LogP contribution in [-0.4, -0.2) is 33.0 Å². The molecule has 0 N–H and O–H groups in total. The van der Waals surface area contributed by atoms with Crippen molar-refractivity contribution in [3.63, 3.8) is 0 Å². The molecule has 0 aromatic heterocycles. The largest absolute Gasteiger partial charge is 0.493 e. The van der Waals surface area contributed by atoms with E-state index >= 15 is 0 Å². The zero-order chi connectivity index (χ0) is 23.9. The number of nitrogens with zero attached hydrogens (tertiary/aromatic N) is 1. The molecule has 174 valence electrons. The number of rotatable bonds is 5. The molecular formula is C26H28ClNO5. The van der Waals surface area contributed by atoms with Crippen molar-refractivity contribution in [1.82, 2.24) is 0 Å². The molecule has 0 spiro atoms. The molecule has 2 aromatic carbocycles. The Labute approximate surface area is 199 Å². The van der Waals surface area contributed by atoms with Crippen molar-refractivity contribution in [2.75, 3.05) is 26.2 Å². The maximum Gasteiger partial charge on any atom is 0.232 e. The SMILES string of the molecule is COc1ccc([C@H]2CC(=O)N(c3ccc(Cl)cc3)C3=C2C(=O)CC(C)(C)C3)c(OC)c1OC. The Hall–Kier alpha value is -2.99. The van der Waals surface area contributed by atoms with E-state index in [1.54, 1.807) is 37.3 Å². The number of ketones is 1. The molecule has 7 heteroatoms.